The van der Waals surface area contributed by atoms with Crippen LogP contribution in [0.5, 0.6) is 0 Å². The van der Waals surface area contributed by atoms with Crippen LogP contribution in [0.15, 0.2) is 4.42 Å². The highest BCUT2D eigenvalue weighted by Crippen LogP contribution is 2.20. The average Bonchev–Trinajstić information content (AvgIpc) is 2.35. The number of alkyl halides is 1. The summed E-state index contributed by atoms with van der Waals surface area (Å²) in [6, 6.07) is 0. The summed E-state index contributed by atoms with van der Waals surface area (Å²) in [6.07, 6.45) is 0.643. The normalized spacial score (nSPS) is 12.0. The highest BCUT2D eigenvalue weighted by Gasteiger charge is 2.20. The van der Waals surface area contributed by atoms with Crippen LogP contribution in [-0.4, -0.2) is 16.1 Å². The van der Waals surface area contributed by atoms with Crippen molar-refractivity contribution in [1.29, 1.82) is 0 Å². The first-order valence-electron chi connectivity index (χ1n) is 3.93. The zero-order valence-corrected chi connectivity index (χ0v) is 8.35. The number of rotatable bonds is 2. The maximum atomic E-state index is 5.53. The lowest BCUT2D eigenvalue weighted by Gasteiger charge is -2.10. The zero-order valence-electron chi connectivity index (χ0n) is 7.59. The van der Waals surface area contributed by atoms with Gasteiger partial charge in [-0.2, -0.15) is 0 Å². The molecule has 0 aromatic carbocycles. The van der Waals surface area contributed by atoms with Crippen LogP contribution in [0.4, 0.5) is 0 Å². The molecule has 0 fully saturated rings. The van der Waals surface area contributed by atoms with Gasteiger partial charge in [-0.3, -0.25) is 0 Å². The van der Waals surface area contributed by atoms with Gasteiger partial charge >= 0.3 is 0 Å². The topological polar surface area (TPSA) is 38.9 Å². The Morgan fingerprint density at radius 3 is 2.42 bits per heavy atom. The van der Waals surface area contributed by atoms with Crippen LogP contribution < -0.4 is 0 Å². The second-order valence-electron chi connectivity index (χ2n) is 3.69. The second kappa shape index (κ2) is 3.44. The van der Waals surface area contributed by atoms with Crippen molar-refractivity contribution >= 4 is 11.6 Å². The number of nitrogens with zero attached hydrogens (tertiary/aromatic N) is 2. The standard InChI is InChI=1S/C8H13ClN2O/c1-8(2,3)7-11-10-6(12-7)4-5-9/h4-5H2,1-3H3. The number of aromatic nitrogens is 2. The molecule has 0 amide bonds. The molecule has 0 unspecified atom stereocenters. The molecule has 0 saturated heterocycles. The first-order chi connectivity index (χ1) is 5.54. The fraction of sp³-hybridized carbons (Fsp3) is 0.750. The van der Waals surface area contributed by atoms with Crippen molar-refractivity contribution in [1.82, 2.24) is 10.2 Å². The minimum absolute atomic E-state index is 0.0719. The quantitative estimate of drug-likeness (QED) is 0.668. The SMILES string of the molecule is CC(C)(C)c1nnc(CCCl)o1. The lowest BCUT2D eigenvalue weighted by atomic mass is 9.97. The maximum Gasteiger partial charge on any atom is 0.221 e. The first-order valence-corrected chi connectivity index (χ1v) is 4.46. The summed E-state index contributed by atoms with van der Waals surface area (Å²) in [4.78, 5) is 0. The molecule has 12 heavy (non-hydrogen) atoms. The second-order valence-corrected chi connectivity index (χ2v) is 4.07. The van der Waals surface area contributed by atoms with Crippen molar-refractivity contribution in [2.45, 2.75) is 32.6 Å². The molecule has 0 aliphatic heterocycles. The Kier molecular flexibility index (Phi) is 2.73. The molecule has 0 aliphatic carbocycles. The van der Waals surface area contributed by atoms with Gasteiger partial charge < -0.3 is 4.42 Å². The Bertz CT molecular complexity index is 252. The fourth-order valence-corrected chi connectivity index (χ4v) is 0.900. The summed E-state index contributed by atoms with van der Waals surface area (Å²) in [5, 5.41) is 7.80. The molecule has 0 N–H and O–H groups in total. The molecule has 1 aromatic heterocycles. The third-order valence-electron chi connectivity index (χ3n) is 1.42. The van der Waals surface area contributed by atoms with Gasteiger partial charge in [-0.05, 0) is 0 Å². The summed E-state index contributed by atoms with van der Waals surface area (Å²) >= 11 is 5.53. The Labute approximate surface area is 77.1 Å². The van der Waals surface area contributed by atoms with Gasteiger partial charge in [-0.1, -0.05) is 20.8 Å². The predicted octanol–water partition coefficient (Wildman–Crippen LogP) is 2.15. The number of halogens is 1. The van der Waals surface area contributed by atoms with Crippen molar-refractivity contribution in [2.75, 3.05) is 5.88 Å². The summed E-state index contributed by atoms with van der Waals surface area (Å²) in [5.41, 5.74) is -0.0719. The third-order valence-corrected chi connectivity index (χ3v) is 1.61. The van der Waals surface area contributed by atoms with Crippen molar-refractivity contribution in [3.63, 3.8) is 0 Å². The van der Waals surface area contributed by atoms with Crippen molar-refractivity contribution in [3.8, 4) is 0 Å². The molecule has 4 heteroatoms. The lowest BCUT2D eigenvalue weighted by molar-refractivity contribution is 0.374. The van der Waals surface area contributed by atoms with Crippen LogP contribution in [0.25, 0.3) is 0 Å². The number of hydrogen-bond donors (Lipinski definition) is 0. The van der Waals surface area contributed by atoms with Gasteiger partial charge in [-0.25, -0.2) is 0 Å². The third kappa shape index (κ3) is 2.21. The van der Waals surface area contributed by atoms with E-state index in [0.29, 0.717) is 24.1 Å². The van der Waals surface area contributed by atoms with Gasteiger partial charge in [-0.15, -0.1) is 21.8 Å². The predicted molar refractivity (Wildman–Crippen MR) is 47.4 cm³/mol. The van der Waals surface area contributed by atoms with E-state index in [9.17, 15) is 0 Å². The molecule has 0 bridgehead atoms. The molecular weight excluding hydrogens is 176 g/mol. The van der Waals surface area contributed by atoms with E-state index >= 15 is 0 Å². The van der Waals surface area contributed by atoms with Gasteiger partial charge in [0.25, 0.3) is 0 Å². The van der Waals surface area contributed by atoms with E-state index in [0.717, 1.165) is 0 Å². The molecule has 1 heterocycles. The fourth-order valence-electron chi connectivity index (χ4n) is 0.739. The molecule has 0 atom stereocenters. The van der Waals surface area contributed by atoms with E-state index in [1.807, 2.05) is 20.8 Å². The highest BCUT2D eigenvalue weighted by atomic mass is 35.5. The Hall–Kier alpha value is -0.570. The summed E-state index contributed by atoms with van der Waals surface area (Å²) in [7, 11) is 0. The van der Waals surface area contributed by atoms with E-state index in [1.54, 1.807) is 0 Å². The van der Waals surface area contributed by atoms with Gasteiger partial charge in [0, 0.05) is 17.7 Å². The number of aryl methyl sites for hydroxylation is 1. The summed E-state index contributed by atoms with van der Waals surface area (Å²) < 4.78 is 5.38. The Morgan fingerprint density at radius 2 is 2.00 bits per heavy atom. The van der Waals surface area contributed by atoms with E-state index in [1.165, 1.54) is 0 Å². The van der Waals surface area contributed by atoms with Crippen molar-refractivity contribution in [3.05, 3.63) is 11.8 Å². The average molecular weight is 189 g/mol. The van der Waals surface area contributed by atoms with E-state index in [4.69, 9.17) is 16.0 Å². The van der Waals surface area contributed by atoms with E-state index < -0.39 is 0 Å². The van der Waals surface area contributed by atoms with Gasteiger partial charge in [0.05, 0.1) is 0 Å². The summed E-state index contributed by atoms with van der Waals surface area (Å²) in [6.45, 7) is 6.10. The van der Waals surface area contributed by atoms with Crippen LogP contribution >= 0.6 is 11.6 Å². The molecule has 0 radical (unpaired) electrons. The highest BCUT2D eigenvalue weighted by molar-refractivity contribution is 6.17. The number of hydrogen-bond acceptors (Lipinski definition) is 3. The Balaban J connectivity index is 2.77. The molecule has 0 saturated carbocycles. The van der Waals surface area contributed by atoms with Gasteiger partial charge in [0.2, 0.25) is 11.8 Å². The molecule has 1 rings (SSSR count). The van der Waals surface area contributed by atoms with Crippen molar-refractivity contribution < 1.29 is 4.42 Å². The molecule has 1 aromatic rings. The van der Waals surface area contributed by atoms with E-state index in [2.05, 4.69) is 10.2 Å². The van der Waals surface area contributed by atoms with Crippen molar-refractivity contribution in [2.24, 2.45) is 0 Å². The van der Waals surface area contributed by atoms with Crippen LogP contribution in [0.2, 0.25) is 0 Å². The van der Waals surface area contributed by atoms with Crippen LogP contribution in [0.1, 0.15) is 32.6 Å². The van der Waals surface area contributed by atoms with Crippen LogP contribution in [0.3, 0.4) is 0 Å². The van der Waals surface area contributed by atoms with Gasteiger partial charge in [0.1, 0.15) is 0 Å². The molecule has 0 spiro atoms. The van der Waals surface area contributed by atoms with Gasteiger partial charge in [0.15, 0.2) is 0 Å². The Morgan fingerprint density at radius 1 is 1.33 bits per heavy atom. The molecular formula is C8H13ClN2O. The summed E-state index contributed by atoms with van der Waals surface area (Å²) in [5.74, 6) is 1.81. The molecule has 0 aliphatic rings. The monoisotopic (exact) mass is 188 g/mol. The minimum Gasteiger partial charge on any atom is -0.425 e. The maximum absolute atomic E-state index is 5.53. The van der Waals surface area contributed by atoms with E-state index in [-0.39, 0.29) is 5.41 Å². The smallest absolute Gasteiger partial charge is 0.221 e. The van der Waals surface area contributed by atoms with Crippen LogP contribution in [0, 0.1) is 0 Å². The largest absolute Gasteiger partial charge is 0.425 e. The molecule has 68 valence electrons. The van der Waals surface area contributed by atoms with Crippen LogP contribution in [-0.2, 0) is 11.8 Å². The minimum atomic E-state index is -0.0719. The lowest BCUT2D eigenvalue weighted by Crippen LogP contribution is -2.11. The first kappa shape index (κ1) is 9.52. The zero-order chi connectivity index (χ0) is 9.19. The molecule has 3 nitrogen and oxygen atoms in total.